The van der Waals surface area contributed by atoms with Gasteiger partial charge >= 0.3 is 11.9 Å². The summed E-state index contributed by atoms with van der Waals surface area (Å²) >= 11 is 0. The van der Waals surface area contributed by atoms with Crippen LogP contribution in [-0.2, 0) is 20.9 Å². The molecule has 1 rings (SSSR count). The first-order valence-corrected chi connectivity index (χ1v) is 22.1. The third-order valence-corrected chi connectivity index (χ3v) is 10.7. The van der Waals surface area contributed by atoms with Crippen LogP contribution in [0.2, 0.25) is 0 Å². The van der Waals surface area contributed by atoms with Crippen LogP contribution in [0, 0.1) is 5.92 Å². The van der Waals surface area contributed by atoms with Crippen LogP contribution >= 0.6 is 0 Å². The van der Waals surface area contributed by atoms with E-state index in [9.17, 15) is 9.59 Å². The highest BCUT2D eigenvalue weighted by Gasteiger charge is 2.10. The Bertz CT molecular complexity index is 872. The van der Waals surface area contributed by atoms with Crippen molar-refractivity contribution in [3.05, 3.63) is 35.9 Å². The van der Waals surface area contributed by atoms with Crippen molar-refractivity contribution in [3.8, 4) is 0 Å². The van der Waals surface area contributed by atoms with Crippen molar-refractivity contribution < 1.29 is 24.5 Å². The predicted octanol–water partition coefficient (Wildman–Crippen LogP) is 14.6. The van der Waals surface area contributed by atoms with Crippen molar-refractivity contribution >= 4 is 11.9 Å². The predicted molar refractivity (Wildman–Crippen MR) is 216 cm³/mol. The Morgan fingerprint density at radius 1 is 0.412 bits per heavy atom. The number of carboxylic acid groups (broad SMARTS) is 2. The molecule has 0 saturated carbocycles. The summed E-state index contributed by atoms with van der Waals surface area (Å²) in [6, 6.07) is 10.6. The van der Waals surface area contributed by atoms with Gasteiger partial charge in [-0.2, -0.15) is 0 Å². The van der Waals surface area contributed by atoms with Crippen molar-refractivity contribution in [2.45, 2.75) is 231 Å². The number of hydrogen-bond acceptors (Lipinski definition) is 3. The second-order valence-corrected chi connectivity index (χ2v) is 15.7. The number of benzene rings is 1. The Morgan fingerprint density at radius 3 is 0.980 bits per heavy atom. The molecule has 1 atom stereocenters. The van der Waals surface area contributed by atoms with E-state index in [1.165, 1.54) is 192 Å². The van der Waals surface area contributed by atoms with Crippen LogP contribution in [0.25, 0.3) is 0 Å². The van der Waals surface area contributed by atoms with Gasteiger partial charge in [-0.1, -0.05) is 217 Å². The highest BCUT2D eigenvalue weighted by atomic mass is 16.5. The average molecular weight is 715 g/mol. The molecule has 0 bridgehead atoms. The summed E-state index contributed by atoms with van der Waals surface area (Å²) in [5.41, 5.74) is 1.28. The molecule has 0 radical (unpaired) electrons. The van der Waals surface area contributed by atoms with Crippen LogP contribution in [0.4, 0.5) is 0 Å². The highest BCUT2D eigenvalue weighted by molar-refractivity contribution is 5.66. The molecule has 1 aromatic carbocycles. The number of unbranched alkanes of at least 4 members (excludes halogenated alkanes) is 29. The Hall–Kier alpha value is -1.88. The van der Waals surface area contributed by atoms with E-state index in [-0.39, 0.29) is 0 Å². The molecule has 51 heavy (non-hydrogen) atoms. The highest BCUT2D eigenvalue weighted by Crippen LogP contribution is 2.21. The lowest BCUT2D eigenvalue weighted by Gasteiger charge is -2.17. The summed E-state index contributed by atoms with van der Waals surface area (Å²) in [6.07, 6.45) is 43.7. The zero-order valence-corrected chi connectivity index (χ0v) is 33.2. The number of carboxylic acids is 2. The molecule has 0 amide bonds. The third kappa shape index (κ3) is 36.3. The fourth-order valence-corrected chi connectivity index (χ4v) is 7.42. The van der Waals surface area contributed by atoms with Gasteiger partial charge in [-0.25, -0.2) is 0 Å². The van der Waals surface area contributed by atoms with Gasteiger partial charge in [-0.15, -0.1) is 0 Å². The van der Waals surface area contributed by atoms with E-state index in [1.807, 2.05) is 0 Å². The monoisotopic (exact) mass is 715 g/mol. The van der Waals surface area contributed by atoms with Gasteiger partial charge in [-0.05, 0) is 37.2 Å². The quantitative estimate of drug-likeness (QED) is 0.0660. The lowest BCUT2D eigenvalue weighted by Crippen LogP contribution is -2.10. The Labute approximate surface area is 315 Å². The molecule has 5 nitrogen and oxygen atoms in total. The molecule has 0 fully saturated rings. The lowest BCUT2D eigenvalue weighted by molar-refractivity contribution is -0.138. The molecule has 0 spiro atoms. The van der Waals surface area contributed by atoms with Gasteiger partial charge in [0.2, 0.25) is 0 Å². The summed E-state index contributed by atoms with van der Waals surface area (Å²) in [5, 5.41) is 17.4. The zero-order chi connectivity index (χ0) is 36.7. The van der Waals surface area contributed by atoms with Crippen LogP contribution < -0.4 is 0 Å². The zero-order valence-electron chi connectivity index (χ0n) is 33.2. The molecule has 0 saturated heterocycles. The fraction of sp³-hybridized carbons (Fsp3) is 0.826. The van der Waals surface area contributed by atoms with E-state index in [4.69, 9.17) is 14.9 Å². The molecule has 0 heterocycles. The molecule has 0 aliphatic rings. The Kier molecular flexibility index (Phi) is 35.0. The second-order valence-electron chi connectivity index (χ2n) is 15.7. The van der Waals surface area contributed by atoms with E-state index >= 15 is 0 Å². The molecule has 2 N–H and O–H groups in total. The lowest BCUT2D eigenvalue weighted by atomic mass is 9.94. The topological polar surface area (TPSA) is 83.8 Å². The summed E-state index contributed by atoms with van der Waals surface area (Å²) in [5.74, 6) is -0.613. The van der Waals surface area contributed by atoms with E-state index in [0.717, 1.165) is 38.9 Å². The average Bonchev–Trinajstić information content (AvgIpc) is 3.12. The maximum Gasteiger partial charge on any atom is 0.303 e. The molecule has 5 heteroatoms. The Balaban J connectivity index is 2.00. The molecule has 0 aliphatic heterocycles. The molecule has 0 aromatic heterocycles. The van der Waals surface area contributed by atoms with Crippen LogP contribution in [0.5, 0.6) is 0 Å². The first-order valence-electron chi connectivity index (χ1n) is 22.1. The largest absolute Gasteiger partial charge is 0.481 e. The van der Waals surface area contributed by atoms with Gasteiger partial charge < -0.3 is 14.9 Å². The maximum absolute atomic E-state index is 10.6. The summed E-state index contributed by atoms with van der Waals surface area (Å²) in [4.78, 5) is 21.1. The normalized spacial score (nSPS) is 12.0. The Morgan fingerprint density at radius 2 is 0.686 bits per heavy atom. The second kappa shape index (κ2) is 37.9. The SMILES string of the molecule is O=C(O)CCCCCCCCCCCCCCCCCCC(CCCCCCCCCCCCCCCCCC(=O)O)COCc1ccccc1. The third-order valence-electron chi connectivity index (χ3n) is 10.7. The number of ether oxygens (including phenoxy) is 1. The van der Waals surface area contributed by atoms with Gasteiger partial charge in [0.15, 0.2) is 0 Å². The molecule has 0 aliphatic carbocycles. The minimum absolute atomic E-state index is 0.331. The van der Waals surface area contributed by atoms with Crippen LogP contribution in [0.15, 0.2) is 30.3 Å². The minimum Gasteiger partial charge on any atom is -0.481 e. The van der Waals surface area contributed by atoms with E-state index in [0.29, 0.717) is 18.8 Å². The van der Waals surface area contributed by atoms with E-state index in [1.54, 1.807) is 0 Å². The van der Waals surface area contributed by atoms with Gasteiger partial charge in [0.05, 0.1) is 6.61 Å². The molecular weight excluding hydrogens is 633 g/mol. The fourth-order valence-electron chi connectivity index (χ4n) is 7.42. The minimum atomic E-state index is -0.659. The van der Waals surface area contributed by atoms with E-state index in [2.05, 4.69) is 30.3 Å². The standard InChI is InChI=1S/C46H82O5/c47-45(48)39-33-26-22-18-14-10-6-2-1-4-8-12-16-20-24-29-35-43(41-51-42-44-37-31-28-32-38-44)36-30-25-21-17-13-9-5-3-7-11-15-19-23-27-34-40-46(49)50/h28,31-32,37-38,43H,1-27,29-30,33-36,39-42H2,(H,47,48)(H,49,50). The van der Waals surface area contributed by atoms with Crippen molar-refractivity contribution in [2.75, 3.05) is 6.61 Å². The van der Waals surface area contributed by atoms with Crippen LogP contribution in [0.1, 0.15) is 230 Å². The van der Waals surface area contributed by atoms with Gasteiger partial charge in [0.25, 0.3) is 0 Å². The number of hydrogen-bond donors (Lipinski definition) is 2. The molecular formula is C46H82O5. The number of rotatable bonds is 41. The number of aliphatic carboxylic acids is 2. The van der Waals surface area contributed by atoms with Gasteiger partial charge in [-0.3, -0.25) is 9.59 Å². The van der Waals surface area contributed by atoms with Gasteiger partial charge in [0, 0.05) is 19.4 Å². The number of carbonyl (C=O) groups is 2. The van der Waals surface area contributed by atoms with Crippen molar-refractivity contribution in [3.63, 3.8) is 0 Å². The summed E-state index contributed by atoms with van der Waals surface area (Å²) in [6.45, 7) is 1.65. The summed E-state index contributed by atoms with van der Waals surface area (Å²) in [7, 11) is 0. The van der Waals surface area contributed by atoms with Crippen LogP contribution in [-0.4, -0.2) is 28.8 Å². The van der Waals surface area contributed by atoms with Crippen LogP contribution in [0.3, 0.4) is 0 Å². The van der Waals surface area contributed by atoms with Crippen molar-refractivity contribution in [1.82, 2.24) is 0 Å². The summed E-state index contributed by atoms with van der Waals surface area (Å²) < 4.78 is 6.22. The molecule has 1 unspecified atom stereocenters. The van der Waals surface area contributed by atoms with Crippen molar-refractivity contribution in [1.29, 1.82) is 0 Å². The molecule has 296 valence electrons. The van der Waals surface area contributed by atoms with Crippen molar-refractivity contribution in [2.24, 2.45) is 5.92 Å². The first kappa shape index (κ1) is 47.1. The molecule has 1 aromatic rings. The first-order chi connectivity index (χ1) is 25.1. The maximum atomic E-state index is 10.6. The van der Waals surface area contributed by atoms with Gasteiger partial charge in [0.1, 0.15) is 0 Å². The van der Waals surface area contributed by atoms with E-state index < -0.39 is 11.9 Å². The smallest absolute Gasteiger partial charge is 0.303 e.